The fourth-order valence-electron chi connectivity index (χ4n) is 2.73. The fraction of sp³-hybridized carbons (Fsp3) is 0.824. The molecule has 3 nitrogen and oxygen atoms in total. The van der Waals surface area contributed by atoms with Crippen LogP contribution in [0.2, 0.25) is 0 Å². The van der Waals surface area contributed by atoms with Crippen molar-refractivity contribution in [3.63, 3.8) is 0 Å². The quantitative estimate of drug-likeness (QED) is 0.213. The van der Waals surface area contributed by atoms with Crippen molar-refractivity contribution in [3.05, 3.63) is 12.7 Å². The van der Waals surface area contributed by atoms with Gasteiger partial charge in [0.15, 0.2) is 0 Å². The molecule has 0 spiro atoms. The predicted octanol–water partition coefficient (Wildman–Crippen LogP) is 3.55. The molecule has 124 valence electrons. The monoisotopic (exact) mass is 314 g/mol. The van der Waals surface area contributed by atoms with Crippen LogP contribution in [0.1, 0.15) is 71.6 Å². The van der Waals surface area contributed by atoms with E-state index in [1.807, 2.05) is 0 Å². The summed E-state index contributed by atoms with van der Waals surface area (Å²) < 4.78 is 10.5. The lowest BCUT2D eigenvalue weighted by Gasteiger charge is -2.31. The van der Waals surface area contributed by atoms with Crippen LogP contribution in [0.15, 0.2) is 12.7 Å². The lowest BCUT2D eigenvalue weighted by molar-refractivity contribution is -0.137. The van der Waals surface area contributed by atoms with Gasteiger partial charge in [0.25, 0.3) is 0 Å². The van der Waals surface area contributed by atoms with Crippen LogP contribution in [0.5, 0.6) is 0 Å². The smallest absolute Gasteiger partial charge is 0.330 e. The van der Waals surface area contributed by atoms with Crippen molar-refractivity contribution >= 4 is 16.5 Å². The van der Waals surface area contributed by atoms with E-state index in [2.05, 4.69) is 20.4 Å². The maximum absolute atomic E-state index is 10.8. The molecule has 0 radical (unpaired) electrons. The van der Waals surface area contributed by atoms with Gasteiger partial charge in [0, 0.05) is 12.7 Å². The first-order valence-corrected chi connectivity index (χ1v) is 9.24. The number of ether oxygens (including phenoxy) is 1. The van der Waals surface area contributed by atoms with Crippen LogP contribution in [0, 0.1) is 5.41 Å². The van der Waals surface area contributed by atoms with Gasteiger partial charge >= 0.3 is 5.97 Å². The van der Waals surface area contributed by atoms with E-state index >= 15 is 0 Å². The molecule has 0 aliphatic rings. The Hall–Kier alpha value is -0.613. The summed E-state index contributed by atoms with van der Waals surface area (Å²) >= 11 is 0. The van der Waals surface area contributed by atoms with Crippen LogP contribution >= 0.6 is 0 Å². The summed E-state index contributed by atoms with van der Waals surface area (Å²) in [5, 5.41) is 0. The Morgan fingerprint density at radius 1 is 1.10 bits per heavy atom. The maximum atomic E-state index is 10.8. The predicted molar refractivity (Wildman–Crippen MR) is 92.4 cm³/mol. The average Bonchev–Trinajstić information content (AvgIpc) is 2.51. The zero-order valence-corrected chi connectivity index (χ0v) is 16.3. The van der Waals surface area contributed by atoms with E-state index in [1.165, 1.54) is 51.0 Å². The van der Waals surface area contributed by atoms with Crippen molar-refractivity contribution in [3.8, 4) is 0 Å². The summed E-state index contributed by atoms with van der Waals surface area (Å²) in [6, 6.07) is 0. The van der Waals surface area contributed by atoms with Crippen LogP contribution in [-0.2, 0) is 14.0 Å². The van der Waals surface area contributed by atoms with Crippen molar-refractivity contribution in [2.45, 2.75) is 71.6 Å². The molecule has 0 saturated heterocycles. The highest BCUT2D eigenvalue weighted by atomic mass is 28.2. The summed E-state index contributed by atoms with van der Waals surface area (Å²) in [7, 11) is 0.847. The molecule has 0 fully saturated rings. The second-order valence-corrected chi connectivity index (χ2v) is 6.46. The third kappa shape index (κ3) is 9.85. The van der Waals surface area contributed by atoms with E-state index in [0.717, 1.165) is 29.9 Å². The third-order valence-corrected chi connectivity index (χ3v) is 4.75. The second kappa shape index (κ2) is 13.1. The molecule has 0 aromatic carbocycles. The van der Waals surface area contributed by atoms with E-state index in [1.54, 1.807) is 0 Å². The molecular formula is C17H34O3Si. The van der Waals surface area contributed by atoms with E-state index in [0.29, 0.717) is 12.0 Å². The summed E-state index contributed by atoms with van der Waals surface area (Å²) in [5.41, 5.74) is 0.417. The Labute approximate surface area is 134 Å². The molecule has 0 N–H and O–H groups in total. The summed E-state index contributed by atoms with van der Waals surface area (Å²) in [6.45, 7) is 9.42. The van der Waals surface area contributed by atoms with Gasteiger partial charge in [0.05, 0.1) is 6.61 Å². The first-order chi connectivity index (χ1) is 10.1. The molecule has 0 bridgehead atoms. The van der Waals surface area contributed by atoms with Gasteiger partial charge in [-0.3, -0.25) is 0 Å². The lowest BCUT2D eigenvalue weighted by Crippen LogP contribution is -2.25. The van der Waals surface area contributed by atoms with Gasteiger partial charge in [-0.05, 0) is 31.1 Å². The van der Waals surface area contributed by atoms with Gasteiger partial charge < -0.3 is 9.16 Å². The van der Waals surface area contributed by atoms with Crippen LogP contribution < -0.4 is 0 Å². The van der Waals surface area contributed by atoms with Gasteiger partial charge in [0.1, 0.15) is 10.5 Å². The molecule has 0 rings (SSSR count). The summed E-state index contributed by atoms with van der Waals surface area (Å²) in [4.78, 5) is 10.8. The molecule has 0 aromatic rings. The number of unbranched alkanes of at least 4 members (excludes halogenated alkanes) is 5. The minimum atomic E-state index is -0.313. The molecule has 4 heteroatoms. The zero-order chi connectivity index (χ0) is 16.0. The number of carbonyl (C=O) groups is 1. The fourth-order valence-corrected chi connectivity index (χ4v) is 3.34. The van der Waals surface area contributed by atoms with E-state index < -0.39 is 0 Å². The first-order valence-electron chi connectivity index (χ1n) is 8.42. The largest absolute Gasteiger partial charge is 0.463 e. The van der Waals surface area contributed by atoms with E-state index in [9.17, 15) is 4.79 Å². The van der Waals surface area contributed by atoms with Gasteiger partial charge in [-0.2, -0.15) is 0 Å². The molecule has 0 aromatic heterocycles. The van der Waals surface area contributed by atoms with Crippen LogP contribution in [0.25, 0.3) is 0 Å². The number of esters is 1. The number of hydrogen-bond donors (Lipinski definition) is 0. The standard InChI is InChI=1S/C17H34O3Si/c1-4-16(18)19-14-12-10-8-7-9-11-13-17(5-2,6-3)15-20-21/h4H,1,5-15H2,2-3,21H3. The van der Waals surface area contributed by atoms with Crippen molar-refractivity contribution in [1.82, 2.24) is 0 Å². The van der Waals surface area contributed by atoms with Crippen molar-refractivity contribution < 1.29 is 14.0 Å². The molecule has 0 amide bonds. The van der Waals surface area contributed by atoms with Crippen molar-refractivity contribution in [1.29, 1.82) is 0 Å². The zero-order valence-electron chi connectivity index (χ0n) is 14.3. The first kappa shape index (κ1) is 20.4. The van der Waals surface area contributed by atoms with Crippen LogP contribution in [0.3, 0.4) is 0 Å². The van der Waals surface area contributed by atoms with Crippen LogP contribution in [-0.4, -0.2) is 29.7 Å². The average molecular weight is 315 g/mol. The Kier molecular flexibility index (Phi) is 12.7. The molecule has 0 aliphatic heterocycles. The number of rotatable bonds is 14. The van der Waals surface area contributed by atoms with Gasteiger partial charge in [-0.15, -0.1) is 0 Å². The molecule has 0 aliphatic carbocycles. The summed E-state index contributed by atoms with van der Waals surface area (Å²) in [5.74, 6) is -0.313. The van der Waals surface area contributed by atoms with E-state index in [4.69, 9.17) is 9.16 Å². The van der Waals surface area contributed by atoms with Gasteiger partial charge in [-0.1, -0.05) is 52.5 Å². The van der Waals surface area contributed by atoms with Gasteiger partial charge in [0.2, 0.25) is 0 Å². The SMILES string of the molecule is C=CC(=O)OCCCCCCCCC(CC)(CC)CO[SiH3]. The molecular weight excluding hydrogens is 280 g/mol. The highest BCUT2D eigenvalue weighted by Crippen LogP contribution is 2.33. The number of carbonyl (C=O) groups excluding carboxylic acids is 1. The highest BCUT2D eigenvalue weighted by molar-refractivity contribution is 5.97. The third-order valence-electron chi connectivity index (χ3n) is 4.46. The Morgan fingerprint density at radius 2 is 1.67 bits per heavy atom. The van der Waals surface area contributed by atoms with Crippen molar-refractivity contribution in [2.75, 3.05) is 13.2 Å². The maximum Gasteiger partial charge on any atom is 0.330 e. The Bertz CT molecular complexity index is 275. The molecule has 0 heterocycles. The number of hydrogen-bond acceptors (Lipinski definition) is 3. The highest BCUT2D eigenvalue weighted by Gasteiger charge is 2.24. The molecule has 0 atom stereocenters. The Morgan fingerprint density at radius 3 is 2.19 bits per heavy atom. The normalized spacial score (nSPS) is 11.5. The van der Waals surface area contributed by atoms with Gasteiger partial charge in [-0.25, -0.2) is 4.79 Å². The molecule has 0 saturated carbocycles. The van der Waals surface area contributed by atoms with E-state index in [-0.39, 0.29) is 5.97 Å². The topological polar surface area (TPSA) is 35.5 Å². The lowest BCUT2D eigenvalue weighted by atomic mass is 9.78. The Balaban J connectivity index is 3.54. The molecule has 0 unspecified atom stereocenters. The van der Waals surface area contributed by atoms with Crippen LogP contribution in [0.4, 0.5) is 0 Å². The summed E-state index contributed by atoms with van der Waals surface area (Å²) in [6.07, 6.45) is 12.2. The second-order valence-electron chi connectivity index (χ2n) is 5.88. The van der Waals surface area contributed by atoms with Crippen molar-refractivity contribution in [2.24, 2.45) is 5.41 Å². The minimum Gasteiger partial charge on any atom is -0.463 e. The minimum absolute atomic E-state index is 0.313. The molecule has 21 heavy (non-hydrogen) atoms.